The summed E-state index contributed by atoms with van der Waals surface area (Å²) in [5.74, 6) is 0. The van der Waals surface area contributed by atoms with Crippen LogP contribution >= 0.6 is 11.8 Å². The van der Waals surface area contributed by atoms with Gasteiger partial charge in [-0.25, -0.2) is 8.42 Å². The van der Waals surface area contributed by atoms with E-state index in [2.05, 4.69) is 11.4 Å². The molecule has 25 heavy (non-hydrogen) atoms. The Bertz CT molecular complexity index is 914. The van der Waals surface area contributed by atoms with Crippen LogP contribution in [0.1, 0.15) is 24.2 Å². The zero-order valence-electron chi connectivity index (χ0n) is 13.8. The Labute approximate surface area is 152 Å². The summed E-state index contributed by atoms with van der Waals surface area (Å²) >= 11 is 1.68. The summed E-state index contributed by atoms with van der Waals surface area (Å²) in [6.45, 7) is 2.30. The lowest BCUT2D eigenvalue weighted by atomic mass is 10.1. The fourth-order valence-corrected chi connectivity index (χ4v) is 5.89. The molecule has 2 atom stereocenters. The molecule has 0 aliphatic carbocycles. The predicted octanol–water partition coefficient (Wildman–Crippen LogP) is 3.35. The van der Waals surface area contributed by atoms with Crippen molar-refractivity contribution in [2.24, 2.45) is 0 Å². The molecule has 2 heterocycles. The zero-order chi connectivity index (χ0) is 17.6. The number of para-hydroxylation sites is 1. The van der Waals surface area contributed by atoms with Crippen LogP contribution in [0.15, 0.2) is 52.3 Å². The summed E-state index contributed by atoms with van der Waals surface area (Å²) in [5, 5.41) is 12.4. The van der Waals surface area contributed by atoms with Gasteiger partial charge in [0.05, 0.1) is 22.7 Å². The SMILES string of the molecule is CC(c1ccc2c(c1)Nc1ccccc1S2)S(=O)(=O)N1CC[C@@H](O)C1. The van der Waals surface area contributed by atoms with Gasteiger partial charge in [-0.1, -0.05) is 30.0 Å². The Balaban J connectivity index is 1.62. The fraction of sp³-hybridized carbons (Fsp3) is 0.333. The van der Waals surface area contributed by atoms with Crippen LogP contribution in [0.4, 0.5) is 11.4 Å². The van der Waals surface area contributed by atoms with Gasteiger partial charge in [0.15, 0.2) is 0 Å². The molecule has 1 saturated heterocycles. The standard InChI is InChI=1S/C18H20N2O3S2/c1-12(25(22,23)20-9-8-14(21)11-20)13-6-7-18-16(10-13)19-15-4-2-3-5-17(15)24-18/h2-7,10,12,14,19,21H,8-9,11H2,1H3/t12?,14-/m1/s1. The first-order valence-corrected chi connectivity index (χ1v) is 10.6. The van der Waals surface area contributed by atoms with Gasteiger partial charge in [-0.05, 0) is 43.2 Å². The van der Waals surface area contributed by atoms with Crippen LogP contribution in [-0.4, -0.2) is 37.0 Å². The van der Waals surface area contributed by atoms with Crippen LogP contribution in [0, 0.1) is 0 Å². The molecule has 2 aromatic rings. The molecule has 0 bridgehead atoms. The topological polar surface area (TPSA) is 69.6 Å². The Kier molecular flexibility index (Phi) is 4.27. The van der Waals surface area contributed by atoms with E-state index >= 15 is 0 Å². The lowest BCUT2D eigenvalue weighted by Gasteiger charge is -2.24. The highest BCUT2D eigenvalue weighted by Gasteiger charge is 2.35. The van der Waals surface area contributed by atoms with Gasteiger partial charge in [0, 0.05) is 22.9 Å². The number of sulfonamides is 1. The van der Waals surface area contributed by atoms with Gasteiger partial charge in [0.1, 0.15) is 0 Å². The molecule has 0 radical (unpaired) electrons. The number of benzene rings is 2. The number of nitrogens with zero attached hydrogens (tertiary/aromatic N) is 1. The molecule has 1 fully saturated rings. The number of aliphatic hydroxyl groups is 1. The number of rotatable bonds is 3. The third-order valence-electron chi connectivity index (χ3n) is 4.78. The molecular formula is C18H20N2O3S2. The molecule has 2 aromatic carbocycles. The van der Waals surface area contributed by atoms with Crippen LogP contribution in [0.5, 0.6) is 0 Å². The van der Waals surface area contributed by atoms with E-state index in [1.54, 1.807) is 18.7 Å². The van der Waals surface area contributed by atoms with Gasteiger partial charge in [-0.2, -0.15) is 4.31 Å². The molecule has 2 aliphatic heterocycles. The summed E-state index contributed by atoms with van der Waals surface area (Å²) in [6, 6.07) is 13.9. The molecule has 0 saturated carbocycles. The minimum Gasteiger partial charge on any atom is -0.392 e. The summed E-state index contributed by atoms with van der Waals surface area (Å²) in [4.78, 5) is 2.25. The molecule has 2 N–H and O–H groups in total. The first-order valence-electron chi connectivity index (χ1n) is 8.30. The molecule has 132 valence electrons. The minimum atomic E-state index is -3.47. The monoisotopic (exact) mass is 376 g/mol. The van der Waals surface area contributed by atoms with E-state index in [-0.39, 0.29) is 6.54 Å². The molecule has 5 nitrogen and oxygen atoms in total. The van der Waals surface area contributed by atoms with Crippen LogP contribution in [0.25, 0.3) is 0 Å². The predicted molar refractivity (Wildman–Crippen MR) is 99.8 cm³/mol. The smallest absolute Gasteiger partial charge is 0.220 e. The fourth-order valence-electron chi connectivity index (χ4n) is 3.25. The highest BCUT2D eigenvalue weighted by Crippen LogP contribution is 2.45. The van der Waals surface area contributed by atoms with Crippen molar-refractivity contribution < 1.29 is 13.5 Å². The number of hydrogen-bond donors (Lipinski definition) is 2. The molecule has 0 amide bonds. The molecule has 0 spiro atoms. The maximum absolute atomic E-state index is 12.8. The Morgan fingerprint density at radius 2 is 1.96 bits per heavy atom. The summed E-state index contributed by atoms with van der Waals surface area (Å²) < 4.78 is 27.1. The maximum Gasteiger partial charge on any atom is 0.220 e. The van der Waals surface area contributed by atoms with E-state index < -0.39 is 21.4 Å². The van der Waals surface area contributed by atoms with Crippen molar-refractivity contribution in [1.29, 1.82) is 0 Å². The zero-order valence-corrected chi connectivity index (χ0v) is 15.5. The summed E-state index contributed by atoms with van der Waals surface area (Å²) in [7, 11) is -3.47. The van der Waals surface area contributed by atoms with Crippen molar-refractivity contribution in [2.45, 2.75) is 34.5 Å². The Morgan fingerprint density at radius 3 is 2.72 bits per heavy atom. The molecule has 0 aromatic heterocycles. The van der Waals surface area contributed by atoms with Crippen molar-refractivity contribution in [3.05, 3.63) is 48.0 Å². The first kappa shape index (κ1) is 16.9. The van der Waals surface area contributed by atoms with E-state index in [0.717, 1.165) is 26.7 Å². The Morgan fingerprint density at radius 1 is 1.20 bits per heavy atom. The normalized spacial score (nSPS) is 21.3. The van der Waals surface area contributed by atoms with E-state index in [1.807, 2.05) is 36.4 Å². The molecule has 4 rings (SSSR count). The highest BCUT2D eigenvalue weighted by atomic mass is 32.2. The minimum absolute atomic E-state index is 0.194. The van der Waals surface area contributed by atoms with Crippen molar-refractivity contribution >= 4 is 33.2 Å². The molecule has 2 aliphatic rings. The van der Waals surface area contributed by atoms with E-state index in [0.29, 0.717) is 13.0 Å². The van der Waals surface area contributed by atoms with Gasteiger partial charge in [0.25, 0.3) is 0 Å². The van der Waals surface area contributed by atoms with Crippen molar-refractivity contribution in [2.75, 3.05) is 18.4 Å². The highest BCUT2D eigenvalue weighted by molar-refractivity contribution is 7.99. The number of hydrogen-bond acceptors (Lipinski definition) is 5. The third kappa shape index (κ3) is 3.06. The largest absolute Gasteiger partial charge is 0.392 e. The van der Waals surface area contributed by atoms with Gasteiger partial charge in [0.2, 0.25) is 10.0 Å². The van der Waals surface area contributed by atoms with Crippen LogP contribution < -0.4 is 5.32 Å². The number of aliphatic hydroxyl groups excluding tert-OH is 1. The van der Waals surface area contributed by atoms with Crippen molar-refractivity contribution in [1.82, 2.24) is 4.31 Å². The second-order valence-electron chi connectivity index (χ2n) is 6.47. The van der Waals surface area contributed by atoms with E-state index in [1.165, 1.54) is 4.31 Å². The Hall–Kier alpha value is -1.54. The average molecular weight is 377 g/mol. The van der Waals surface area contributed by atoms with Gasteiger partial charge in [-0.15, -0.1) is 0 Å². The van der Waals surface area contributed by atoms with Crippen LogP contribution in [-0.2, 0) is 10.0 Å². The number of nitrogens with one attached hydrogen (secondary N) is 1. The average Bonchev–Trinajstić information content (AvgIpc) is 3.06. The second-order valence-corrected chi connectivity index (χ2v) is 9.80. The summed E-state index contributed by atoms with van der Waals surface area (Å²) in [6.07, 6.45) is -0.0504. The second kappa shape index (κ2) is 6.32. The van der Waals surface area contributed by atoms with E-state index in [9.17, 15) is 13.5 Å². The van der Waals surface area contributed by atoms with Gasteiger partial charge in [-0.3, -0.25) is 0 Å². The number of β-amino-alcohol motifs (C(OH)–C–C–N with tert-alkyl or cyclic N) is 1. The van der Waals surface area contributed by atoms with Crippen LogP contribution in [0.3, 0.4) is 0 Å². The maximum atomic E-state index is 12.8. The van der Waals surface area contributed by atoms with Gasteiger partial charge < -0.3 is 10.4 Å². The molecular weight excluding hydrogens is 356 g/mol. The van der Waals surface area contributed by atoms with Crippen LogP contribution in [0.2, 0.25) is 0 Å². The lowest BCUT2D eigenvalue weighted by Crippen LogP contribution is -2.32. The van der Waals surface area contributed by atoms with Gasteiger partial charge >= 0.3 is 0 Å². The van der Waals surface area contributed by atoms with Crippen molar-refractivity contribution in [3.63, 3.8) is 0 Å². The molecule has 1 unspecified atom stereocenters. The summed E-state index contributed by atoms with van der Waals surface area (Å²) in [5.41, 5.74) is 2.73. The lowest BCUT2D eigenvalue weighted by molar-refractivity contribution is 0.189. The molecule has 7 heteroatoms. The number of anilines is 2. The van der Waals surface area contributed by atoms with E-state index in [4.69, 9.17) is 0 Å². The number of fused-ring (bicyclic) bond motifs is 2. The van der Waals surface area contributed by atoms with Crippen molar-refractivity contribution in [3.8, 4) is 0 Å². The third-order valence-corrected chi connectivity index (χ3v) is 8.15. The first-order chi connectivity index (χ1) is 11.9. The quantitative estimate of drug-likeness (QED) is 0.734.